The molecule has 0 N–H and O–H groups in total. The fraction of sp³-hybridized carbons (Fsp3) is 0.111. The molecule has 72 valence electrons. The van der Waals surface area contributed by atoms with Crippen molar-refractivity contribution in [2.45, 2.75) is 4.34 Å². The van der Waals surface area contributed by atoms with Crippen LogP contribution in [0, 0.1) is 0 Å². The maximum Gasteiger partial charge on any atom is 0.208 e. The highest BCUT2D eigenvalue weighted by Gasteiger charge is 2.09. The second-order valence-electron chi connectivity index (χ2n) is 2.49. The van der Waals surface area contributed by atoms with Crippen molar-refractivity contribution >= 4 is 28.9 Å². The first-order valence-electron chi connectivity index (χ1n) is 3.95. The number of hydrogen-bond donors (Lipinski definition) is 0. The van der Waals surface area contributed by atoms with Gasteiger partial charge < -0.3 is 4.42 Å². The second-order valence-corrected chi connectivity index (χ2v) is 4.60. The van der Waals surface area contributed by atoms with E-state index < -0.39 is 0 Å². The summed E-state index contributed by atoms with van der Waals surface area (Å²) >= 11 is 2.96. The highest BCUT2D eigenvalue weighted by atomic mass is 32.2. The number of nitrogens with zero attached hydrogens (tertiary/aromatic N) is 1. The van der Waals surface area contributed by atoms with Crippen molar-refractivity contribution in [3.8, 4) is 0 Å². The van der Waals surface area contributed by atoms with Crippen molar-refractivity contribution in [3.05, 3.63) is 35.7 Å². The van der Waals surface area contributed by atoms with Crippen LogP contribution in [0.1, 0.15) is 10.6 Å². The lowest BCUT2D eigenvalue weighted by molar-refractivity contribution is 0.0992. The second kappa shape index (κ2) is 4.43. The maximum atomic E-state index is 11.5. The van der Waals surface area contributed by atoms with Crippen LogP contribution in [0.4, 0.5) is 0 Å². The van der Waals surface area contributed by atoms with Gasteiger partial charge in [0.2, 0.25) is 5.78 Å². The van der Waals surface area contributed by atoms with Crippen molar-refractivity contribution in [1.82, 2.24) is 4.98 Å². The summed E-state index contributed by atoms with van der Waals surface area (Å²) in [7, 11) is 0. The topological polar surface area (TPSA) is 43.1 Å². The van der Waals surface area contributed by atoms with E-state index in [0.717, 1.165) is 4.34 Å². The van der Waals surface area contributed by atoms with Gasteiger partial charge in [0.25, 0.3) is 0 Å². The van der Waals surface area contributed by atoms with E-state index in [1.807, 2.05) is 5.38 Å². The molecule has 0 unspecified atom stereocenters. The van der Waals surface area contributed by atoms with Gasteiger partial charge in [-0.2, -0.15) is 0 Å². The summed E-state index contributed by atoms with van der Waals surface area (Å²) < 4.78 is 5.89. The normalized spacial score (nSPS) is 10.3. The minimum Gasteiger partial charge on any atom is -0.461 e. The Morgan fingerprint density at radius 2 is 2.57 bits per heavy atom. The van der Waals surface area contributed by atoms with Gasteiger partial charge in [0, 0.05) is 11.6 Å². The molecule has 0 atom stereocenters. The Morgan fingerprint density at radius 1 is 1.64 bits per heavy atom. The fourth-order valence-electron chi connectivity index (χ4n) is 0.917. The Morgan fingerprint density at radius 3 is 3.21 bits per heavy atom. The molecule has 0 spiro atoms. The van der Waals surface area contributed by atoms with E-state index in [2.05, 4.69) is 4.98 Å². The summed E-state index contributed by atoms with van der Waals surface area (Å²) in [5.41, 5.74) is 0. The molecule has 0 aliphatic heterocycles. The number of ketones is 1. The lowest BCUT2D eigenvalue weighted by Gasteiger charge is -1.93. The first kappa shape index (κ1) is 9.48. The molecule has 0 aliphatic carbocycles. The van der Waals surface area contributed by atoms with E-state index >= 15 is 0 Å². The maximum absolute atomic E-state index is 11.5. The summed E-state index contributed by atoms with van der Waals surface area (Å²) in [5, 5.41) is 1.89. The monoisotopic (exact) mass is 225 g/mol. The van der Waals surface area contributed by atoms with Crippen LogP contribution in [-0.2, 0) is 0 Å². The molecule has 0 saturated carbocycles. The number of hydrogen-bond acceptors (Lipinski definition) is 5. The highest BCUT2D eigenvalue weighted by Crippen LogP contribution is 2.21. The number of carbonyl (C=O) groups is 1. The highest BCUT2D eigenvalue weighted by molar-refractivity contribution is 8.01. The smallest absolute Gasteiger partial charge is 0.208 e. The molecular formula is C9H7NO2S2. The van der Waals surface area contributed by atoms with Crippen LogP contribution in [-0.4, -0.2) is 16.5 Å². The summed E-state index contributed by atoms with van der Waals surface area (Å²) in [6, 6.07) is 3.38. The van der Waals surface area contributed by atoms with Crippen molar-refractivity contribution in [2.75, 3.05) is 5.75 Å². The minimum absolute atomic E-state index is 0.00444. The van der Waals surface area contributed by atoms with Crippen molar-refractivity contribution in [3.63, 3.8) is 0 Å². The van der Waals surface area contributed by atoms with Gasteiger partial charge in [-0.15, -0.1) is 11.3 Å². The molecule has 0 aromatic carbocycles. The van der Waals surface area contributed by atoms with E-state index in [4.69, 9.17) is 4.42 Å². The molecule has 0 saturated heterocycles. The molecule has 0 bridgehead atoms. The lowest BCUT2D eigenvalue weighted by atomic mass is 10.3. The zero-order valence-corrected chi connectivity index (χ0v) is 8.81. The molecule has 14 heavy (non-hydrogen) atoms. The van der Waals surface area contributed by atoms with Crippen LogP contribution in [0.15, 0.2) is 38.7 Å². The molecule has 2 heterocycles. The van der Waals surface area contributed by atoms with E-state index in [-0.39, 0.29) is 5.78 Å². The number of aromatic nitrogens is 1. The molecule has 3 nitrogen and oxygen atoms in total. The Labute approximate surface area is 89.2 Å². The number of rotatable bonds is 4. The third kappa shape index (κ3) is 2.24. The van der Waals surface area contributed by atoms with Gasteiger partial charge in [-0.1, -0.05) is 11.8 Å². The first-order valence-corrected chi connectivity index (χ1v) is 5.82. The lowest BCUT2D eigenvalue weighted by Crippen LogP contribution is -1.99. The quantitative estimate of drug-likeness (QED) is 0.592. The SMILES string of the molecule is O=C(CSc1nccs1)c1ccco1. The molecule has 5 heteroatoms. The number of carbonyl (C=O) groups excluding carboxylic acids is 1. The third-order valence-corrected chi connectivity index (χ3v) is 3.50. The van der Waals surface area contributed by atoms with Crippen LogP contribution in [0.25, 0.3) is 0 Å². The van der Waals surface area contributed by atoms with Crippen molar-refractivity contribution in [2.24, 2.45) is 0 Å². The molecule has 2 aromatic heterocycles. The largest absolute Gasteiger partial charge is 0.461 e. The number of thioether (sulfide) groups is 1. The molecule has 0 aliphatic rings. The standard InChI is InChI=1S/C9H7NO2S2/c11-7(8-2-1-4-12-8)6-14-9-10-3-5-13-9/h1-5H,6H2. The molecule has 0 radical (unpaired) electrons. The summed E-state index contributed by atoms with van der Waals surface area (Å²) in [5.74, 6) is 0.783. The van der Waals surface area contributed by atoms with Gasteiger partial charge in [0.1, 0.15) is 4.34 Å². The molecule has 0 amide bonds. The number of Topliss-reactive ketones (excluding diaryl/α,β-unsaturated/α-hetero) is 1. The van der Waals surface area contributed by atoms with Crippen LogP contribution in [0.2, 0.25) is 0 Å². The fourth-order valence-corrected chi connectivity index (χ4v) is 2.42. The number of furan rings is 1. The average Bonchev–Trinajstić information content (AvgIpc) is 2.87. The van der Waals surface area contributed by atoms with Crippen LogP contribution < -0.4 is 0 Å². The van der Waals surface area contributed by atoms with Crippen LogP contribution in [0.5, 0.6) is 0 Å². The van der Waals surface area contributed by atoms with Gasteiger partial charge >= 0.3 is 0 Å². The summed E-state index contributed by atoms with van der Waals surface area (Å²) in [6.45, 7) is 0. The predicted molar refractivity (Wildman–Crippen MR) is 55.9 cm³/mol. The zero-order valence-electron chi connectivity index (χ0n) is 7.17. The van der Waals surface area contributed by atoms with E-state index in [0.29, 0.717) is 11.5 Å². The Bertz CT molecular complexity index is 394. The van der Waals surface area contributed by atoms with Gasteiger partial charge in [-0.3, -0.25) is 4.79 Å². The van der Waals surface area contributed by atoms with Gasteiger partial charge in [-0.25, -0.2) is 4.98 Å². The van der Waals surface area contributed by atoms with Gasteiger partial charge in [-0.05, 0) is 12.1 Å². The molecular weight excluding hydrogens is 218 g/mol. The summed E-state index contributed by atoms with van der Waals surface area (Å²) in [4.78, 5) is 15.5. The van der Waals surface area contributed by atoms with E-state index in [9.17, 15) is 4.79 Å². The molecule has 0 fully saturated rings. The summed E-state index contributed by atoms with van der Waals surface area (Å²) in [6.07, 6.45) is 3.23. The minimum atomic E-state index is -0.00444. The average molecular weight is 225 g/mol. The van der Waals surface area contributed by atoms with E-state index in [1.54, 1.807) is 18.3 Å². The van der Waals surface area contributed by atoms with Crippen LogP contribution >= 0.6 is 23.1 Å². The van der Waals surface area contributed by atoms with Crippen molar-refractivity contribution < 1.29 is 9.21 Å². The number of thiazole rings is 1. The Hall–Kier alpha value is -1.07. The van der Waals surface area contributed by atoms with Crippen LogP contribution in [0.3, 0.4) is 0 Å². The molecule has 2 rings (SSSR count). The Kier molecular flexibility index (Phi) is 3.00. The predicted octanol–water partition coefficient (Wildman–Crippen LogP) is 2.71. The Balaban J connectivity index is 1.90. The van der Waals surface area contributed by atoms with Crippen molar-refractivity contribution in [1.29, 1.82) is 0 Å². The van der Waals surface area contributed by atoms with Gasteiger partial charge in [0.05, 0.1) is 12.0 Å². The molecule has 2 aromatic rings. The van der Waals surface area contributed by atoms with E-state index in [1.165, 1.54) is 29.4 Å². The van der Waals surface area contributed by atoms with Gasteiger partial charge in [0.15, 0.2) is 5.76 Å². The first-order chi connectivity index (χ1) is 6.86. The third-order valence-electron chi connectivity index (χ3n) is 1.53. The zero-order chi connectivity index (χ0) is 9.80.